The van der Waals surface area contributed by atoms with Gasteiger partial charge in [0.05, 0.1) is 23.1 Å². The molecular formula is C23H18FN5O. The minimum absolute atomic E-state index is 0.185. The van der Waals surface area contributed by atoms with E-state index in [0.29, 0.717) is 40.3 Å². The zero-order chi connectivity index (χ0) is 20.8. The topological polar surface area (TPSA) is 65.1 Å². The molecule has 6 nitrogen and oxygen atoms in total. The minimum atomic E-state index is -0.347. The molecule has 3 heterocycles. The van der Waals surface area contributed by atoms with Gasteiger partial charge in [0.1, 0.15) is 11.6 Å². The van der Waals surface area contributed by atoms with Gasteiger partial charge < -0.3 is 4.57 Å². The Balaban J connectivity index is 1.79. The highest BCUT2D eigenvalue weighted by Crippen LogP contribution is 2.26. The molecule has 0 bridgehead atoms. The first-order valence-corrected chi connectivity index (χ1v) is 9.57. The van der Waals surface area contributed by atoms with Gasteiger partial charge in [0.25, 0.3) is 11.3 Å². The molecule has 0 aliphatic carbocycles. The molecule has 3 aromatic heterocycles. The number of aryl methyl sites for hydroxylation is 2. The van der Waals surface area contributed by atoms with Crippen molar-refractivity contribution in [2.45, 2.75) is 20.4 Å². The molecule has 0 unspecified atom stereocenters. The third-order valence-corrected chi connectivity index (χ3v) is 5.10. The maximum atomic E-state index is 13.5. The van der Waals surface area contributed by atoms with E-state index in [4.69, 9.17) is 0 Å². The van der Waals surface area contributed by atoms with E-state index in [0.717, 1.165) is 11.1 Å². The Hall–Kier alpha value is -3.87. The van der Waals surface area contributed by atoms with Gasteiger partial charge in [-0.05, 0) is 49.7 Å². The van der Waals surface area contributed by atoms with Crippen LogP contribution in [0.5, 0.6) is 0 Å². The molecule has 0 amide bonds. The molecule has 0 atom stereocenters. The van der Waals surface area contributed by atoms with Gasteiger partial charge in [-0.3, -0.25) is 4.79 Å². The van der Waals surface area contributed by atoms with Crippen LogP contribution in [0.1, 0.15) is 17.0 Å². The summed E-state index contributed by atoms with van der Waals surface area (Å²) in [6, 6.07) is 15.9. The van der Waals surface area contributed by atoms with Gasteiger partial charge in [-0.25, -0.2) is 9.37 Å². The highest BCUT2D eigenvalue weighted by atomic mass is 19.1. The normalized spacial score (nSPS) is 11.4. The van der Waals surface area contributed by atoms with E-state index in [1.54, 1.807) is 34.3 Å². The highest BCUT2D eigenvalue weighted by molar-refractivity contribution is 5.93. The molecule has 0 aliphatic heterocycles. The summed E-state index contributed by atoms with van der Waals surface area (Å²) in [4.78, 5) is 22.4. The van der Waals surface area contributed by atoms with Crippen molar-refractivity contribution >= 4 is 16.7 Å². The van der Waals surface area contributed by atoms with Crippen molar-refractivity contribution in [3.63, 3.8) is 0 Å². The van der Waals surface area contributed by atoms with Crippen LogP contribution in [0.3, 0.4) is 0 Å². The summed E-state index contributed by atoms with van der Waals surface area (Å²) in [5.41, 5.74) is 3.75. The lowest BCUT2D eigenvalue weighted by Crippen LogP contribution is -2.22. The monoisotopic (exact) mass is 399 g/mol. The van der Waals surface area contributed by atoms with Crippen LogP contribution in [-0.4, -0.2) is 24.1 Å². The van der Waals surface area contributed by atoms with Crippen molar-refractivity contribution in [1.29, 1.82) is 0 Å². The Bertz CT molecular complexity index is 1450. The van der Waals surface area contributed by atoms with E-state index in [-0.39, 0.29) is 11.4 Å². The van der Waals surface area contributed by atoms with Crippen LogP contribution in [0.25, 0.3) is 27.9 Å². The van der Waals surface area contributed by atoms with Crippen molar-refractivity contribution < 1.29 is 4.39 Å². The second-order valence-electron chi connectivity index (χ2n) is 7.33. The van der Waals surface area contributed by atoms with Crippen LogP contribution < -0.4 is 5.56 Å². The van der Waals surface area contributed by atoms with E-state index in [2.05, 4.69) is 15.1 Å². The number of hydrogen-bond acceptors (Lipinski definition) is 4. The van der Waals surface area contributed by atoms with Crippen molar-refractivity contribution in [3.05, 3.63) is 93.9 Å². The Morgan fingerprint density at radius 2 is 1.67 bits per heavy atom. The number of aromatic nitrogens is 5. The number of pyridine rings is 1. The number of rotatable bonds is 3. The molecular weight excluding hydrogens is 381 g/mol. The first-order chi connectivity index (χ1) is 14.5. The lowest BCUT2D eigenvalue weighted by molar-refractivity contribution is 0.628. The third-order valence-electron chi connectivity index (χ3n) is 5.10. The highest BCUT2D eigenvalue weighted by Gasteiger charge is 2.18. The number of benzene rings is 2. The molecule has 2 aromatic carbocycles. The molecule has 0 N–H and O–H groups in total. The molecule has 7 heteroatoms. The van der Waals surface area contributed by atoms with Crippen molar-refractivity contribution in [2.24, 2.45) is 0 Å². The fourth-order valence-electron chi connectivity index (χ4n) is 3.61. The van der Waals surface area contributed by atoms with Gasteiger partial charge in [0.15, 0.2) is 0 Å². The summed E-state index contributed by atoms with van der Waals surface area (Å²) < 4.78 is 16.7. The molecule has 5 aromatic rings. The van der Waals surface area contributed by atoms with Gasteiger partial charge in [-0.1, -0.05) is 29.8 Å². The molecule has 5 rings (SSSR count). The number of nitrogens with zero attached hydrogens (tertiary/aromatic N) is 5. The summed E-state index contributed by atoms with van der Waals surface area (Å²) in [6.07, 6.45) is 1.74. The molecule has 148 valence electrons. The van der Waals surface area contributed by atoms with E-state index in [1.165, 1.54) is 12.1 Å². The Morgan fingerprint density at radius 1 is 0.933 bits per heavy atom. The fourth-order valence-corrected chi connectivity index (χ4v) is 3.61. The van der Waals surface area contributed by atoms with Crippen LogP contribution in [0.4, 0.5) is 4.39 Å². The molecule has 0 saturated heterocycles. The van der Waals surface area contributed by atoms with Crippen molar-refractivity contribution in [3.8, 4) is 11.3 Å². The molecule has 30 heavy (non-hydrogen) atoms. The summed E-state index contributed by atoms with van der Waals surface area (Å²) in [5.74, 6) is 0.594. The quantitative estimate of drug-likeness (QED) is 0.461. The first-order valence-electron chi connectivity index (χ1n) is 9.57. The van der Waals surface area contributed by atoms with Crippen LogP contribution in [0, 0.1) is 19.7 Å². The van der Waals surface area contributed by atoms with Crippen LogP contribution in [-0.2, 0) is 6.54 Å². The average Bonchev–Trinajstić information content (AvgIpc) is 3.10. The maximum absolute atomic E-state index is 13.5. The fraction of sp³-hybridized carbons (Fsp3) is 0.130. The van der Waals surface area contributed by atoms with E-state index < -0.39 is 0 Å². The Kier molecular flexibility index (Phi) is 4.17. The van der Waals surface area contributed by atoms with Gasteiger partial charge in [-0.15, -0.1) is 5.10 Å². The largest absolute Gasteiger partial charge is 0.310 e. The lowest BCUT2D eigenvalue weighted by Gasteiger charge is -2.12. The minimum Gasteiger partial charge on any atom is -0.310 e. The van der Waals surface area contributed by atoms with E-state index >= 15 is 0 Å². The van der Waals surface area contributed by atoms with Crippen LogP contribution in [0.15, 0.2) is 65.6 Å². The van der Waals surface area contributed by atoms with Gasteiger partial charge >= 0.3 is 0 Å². The molecule has 0 saturated carbocycles. The Labute approximate surface area is 171 Å². The van der Waals surface area contributed by atoms with E-state index in [1.807, 2.05) is 37.3 Å². The van der Waals surface area contributed by atoms with Crippen LogP contribution in [0.2, 0.25) is 0 Å². The number of halogens is 1. The number of hydrogen-bond donors (Lipinski definition) is 0. The number of fused-ring (bicyclic) bond motifs is 2. The van der Waals surface area contributed by atoms with Crippen molar-refractivity contribution in [2.75, 3.05) is 0 Å². The van der Waals surface area contributed by atoms with E-state index in [9.17, 15) is 9.18 Å². The molecule has 0 radical (unpaired) electrons. The molecule has 0 aliphatic rings. The maximum Gasteiger partial charge on any atom is 0.262 e. The summed E-state index contributed by atoms with van der Waals surface area (Å²) >= 11 is 0. The second-order valence-corrected chi connectivity index (χ2v) is 7.33. The van der Waals surface area contributed by atoms with Crippen molar-refractivity contribution in [1.82, 2.24) is 24.1 Å². The summed E-state index contributed by atoms with van der Waals surface area (Å²) in [6.45, 7) is 4.23. The molecule has 0 fully saturated rings. The predicted octanol–water partition coefficient (Wildman–Crippen LogP) is 3.91. The first kappa shape index (κ1) is 18.2. The van der Waals surface area contributed by atoms with Gasteiger partial charge in [0, 0.05) is 11.8 Å². The van der Waals surface area contributed by atoms with Crippen LogP contribution >= 0.6 is 0 Å². The average molecular weight is 399 g/mol. The zero-order valence-electron chi connectivity index (χ0n) is 16.5. The standard InChI is InChI=1S/C23H18FN5O/c1-14-3-5-16(6-4-14)13-28-12-11-19-20(22(28)30)21(17-7-9-18(24)10-8-17)29-23(26-19)25-15(2)27-29/h3-12H,13H2,1-2H3. The zero-order valence-corrected chi connectivity index (χ0v) is 16.5. The van der Waals surface area contributed by atoms with Gasteiger partial charge in [-0.2, -0.15) is 9.50 Å². The lowest BCUT2D eigenvalue weighted by atomic mass is 10.1. The predicted molar refractivity (Wildman–Crippen MR) is 113 cm³/mol. The SMILES string of the molecule is Cc1ccc(Cn2ccc3nc4nc(C)nn4c(-c4ccc(F)cc4)c3c2=O)cc1. The smallest absolute Gasteiger partial charge is 0.262 e. The Morgan fingerprint density at radius 3 is 2.40 bits per heavy atom. The third kappa shape index (κ3) is 3.04. The van der Waals surface area contributed by atoms with Gasteiger partial charge in [0.2, 0.25) is 0 Å². The summed E-state index contributed by atoms with van der Waals surface area (Å²) in [7, 11) is 0. The molecule has 0 spiro atoms. The second kappa shape index (κ2) is 6.88. The summed E-state index contributed by atoms with van der Waals surface area (Å²) in [5, 5.41) is 4.85.